The van der Waals surface area contributed by atoms with E-state index in [-0.39, 0.29) is 6.03 Å². The van der Waals surface area contributed by atoms with Crippen molar-refractivity contribution >= 4 is 23.3 Å². The van der Waals surface area contributed by atoms with Crippen molar-refractivity contribution in [2.75, 3.05) is 5.32 Å². The van der Waals surface area contributed by atoms with E-state index in [4.69, 9.17) is 11.6 Å². The number of hydrogen-bond donors (Lipinski definition) is 2. The summed E-state index contributed by atoms with van der Waals surface area (Å²) in [6.45, 7) is 0.372. The van der Waals surface area contributed by atoms with Gasteiger partial charge in [0.1, 0.15) is 0 Å². The molecule has 6 heteroatoms. The summed E-state index contributed by atoms with van der Waals surface area (Å²) in [5.74, 6) is 0. The SMILES string of the molecule is O=C(NCc1ccc(-c2cccnc2)nc1)Nc1ccccc1Cl. The van der Waals surface area contributed by atoms with Crippen LogP contribution in [-0.4, -0.2) is 16.0 Å². The summed E-state index contributed by atoms with van der Waals surface area (Å²) in [4.78, 5) is 20.4. The molecule has 0 unspecified atom stereocenters. The minimum atomic E-state index is -0.320. The number of halogens is 1. The lowest BCUT2D eigenvalue weighted by Crippen LogP contribution is -2.28. The van der Waals surface area contributed by atoms with E-state index in [0.29, 0.717) is 17.3 Å². The van der Waals surface area contributed by atoms with Crippen LogP contribution >= 0.6 is 11.6 Å². The summed E-state index contributed by atoms with van der Waals surface area (Å²) in [5.41, 5.74) is 3.26. The number of carbonyl (C=O) groups excluding carboxylic acids is 1. The zero-order valence-corrected chi connectivity index (χ0v) is 13.5. The Bertz CT molecular complexity index is 822. The maximum absolute atomic E-state index is 11.9. The molecule has 0 aliphatic heterocycles. The zero-order valence-electron chi connectivity index (χ0n) is 12.7. The number of pyridine rings is 2. The van der Waals surface area contributed by atoms with E-state index in [9.17, 15) is 4.79 Å². The van der Waals surface area contributed by atoms with Gasteiger partial charge in [-0.05, 0) is 35.9 Å². The minimum absolute atomic E-state index is 0.320. The van der Waals surface area contributed by atoms with Crippen LogP contribution in [0.3, 0.4) is 0 Å². The Morgan fingerprint density at radius 2 is 1.92 bits per heavy atom. The second-order valence-electron chi connectivity index (χ2n) is 5.08. The Morgan fingerprint density at radius 3 is 2.62 bits per heavy atom. The third-order valence-corrected chi connectivity index (χ3v) is 3.69. The topological polar surface area (TPSA) is 66.9 Å². The van der Waals surface area contributed by atoms with Crippen molar-refractivity contribution < 1.29 is 4.79 Å². The van der Waals surface area contributed by atoms with E-state index in [2.05, 4.69) is 20.6 Å². The average Bonchev–Trinajstić information content (AvgIpc) is 2.63. The number of urea groups is 1. The van der Waals surface area contributed by atoms with Crippen LogP contribution in [0.25, 0.3) is 11.3 Å². The normalized spacial score (nSPS) is 10.2. The van der Waals surface area contributed by atoms with Gasteiger partial charge in [-0.15, -0.1) is 0 Å². The molecule has 2 N–H and O–H groups in total. The summed E-state index contributed by atoms with van der Waals surface area (Å²) in [5, 5.41) is 5.98. The Morgan fingerprint density at radius 1 is 1.04 bits per heavy atom. The second-order valence-corrected chi connectivity index (χ2v) is 5.49. The minimum Gasteiger partial charge on any atom is -0.334 e. The fourth-order valence-corrected chi connectivity index (χ4v) is 2.31. The van der Waals surface area contributed by atoms with Crippen molar-refractivity contribution in [2.45, 2.75) is 6.54 Å². The average molecular weight is 339 g/mol. The molecule has 0 atom stereocenters. The van der Waals surface area contributed by atoms with E-state index in [1.807, 2.05) is 30.3 Å². The van der Waals surface area contributed by atoms with Gasteiger partial charge < -0.3 is 10.6 Å². The molecule has 3 aromatic rings. The molecule has 0 spiro atoms. The molecule has 0 saturated carbocycles. The van der Waals surface area contributed by atoms with Gasteiger partial charge in [-0.1, -0.05) is 29.8 Å². The fourth-order valence-electron chi connectivity index (χ4n) is 2.13. The Balaban J connectivity index is 1.57. The number of rotatable bonds is 4. The third-order valence-electron chi connectivity index (χ3n) is 3.36. The number of amides is 2. The number of nitrogens with zero attached hydrogens (tertiary/aromatic N) is 2. The number of nitrogens with one attached hydrogen (secondary N) is 2. The monoisotopic (exact) mass is 338 g/mol. The van der Waals surface area contributed by atoms with Crippen LogP contribution in [0.1, 0.15) is 5.56 Å². The van der Waals surface area contributed by atoms with Gasteiger partial charge in [-0.25, -0.2) is 4.79 Å². The highest BCUT2D eigenvalue weighted by atomic mass is 35.5. The van der Waals surface area contributed by atoms with Crippen molar-refractivity contribution in [3.05, 3.63) is 77.7 Å². The first-order valence-electron chi connectivity index (χ1n) is 7.37. The smallest absolute Gasteiger partial charge is 0.319 e. The third kappa shape index (κ3) is 4.08. The van der Waals surface area contributed by atoms with Crippen LogP contribution in [0.15, 0.2) is 67.1 Å². The molecule has 0 bridgehead atoms. The molecule has 2 amide bonds. The molecule has 0 radical (unpaired) electrons. The Hall–Kier alpha value is -2.92. The van der Waals surface area contributed by atoms with Gasteiger partial charge in [0.25, 0.3) is 0 Å². The van der Waals surface area contributed by atoms with E-state index in [1.165, 1.54) is 0 Å². The first-order chi connectivity index (χ1) is 11.7. The van der Waals surface area contributed by atoms with Crippen molar-refractivity contribution in [1.29, 1.82) is 0 Å². The van der Waals surface area contributed by atoms with Gasteiger partial charge in [0.2, 0.25) is 0 Å². The van der Waals surface area contributed by atoms with E-state index in [1.54, 1.807) is 36.8 Å². The molecule has 0 saturated heterocycles. The Labute approximate surface area is 144 Å². The number of hydrogen-bond acceptors (Lipinski definition) is 3. The maximum Gasteiger partial charge on any atom is 0.319 e. The molecular formula is C18H15ClN4O. The van der Waals surface area contributed by atoms with Gasteiger partial charge in [0.15, 0.2) is 0 Å². The number of aromatic nitrogens is 2. The number of carbonyl (C=O) groups is 1. The molecule has 0 aliphatic carbocycles. The van der Waals surface area contributed by atoms with Crippen molar-refractivity contribution in [2.24, 2.45) is 0 Å². The Kier molecular flexibility index (Phi) is 5.03. The lowest BCUT2D eigenvalue weighted by molar-refractivity contribution is 0.251. The number of para-hydroxylation sites is 1. The lowest BCUT2D eigenvalue weighted by Gasteiger charge is -2.09. The van der Waals surface area contributed by atoms with Gasteiger partial charge in [-0.3, -0.25) is 9.97 Å². The first-order valence-corrected chi connectivity index (χ1v) is 7.75. The summed E-state index contributed by atoms with van der Waals surface area (Å²) in [6, 6.07) is 14.4. The molecular weight excluding hydrogens is 324 g/mol. The highest BCUT2D eigenvalue weighted by Crippen LogP contribution is 2.20. The number of anilines is 1. The van der Waals surface area contributed by atoms with Crippen LogP contribution in [0.2, 0.25) is 5.02 Å². The molecule has 0 aliphatic rings. The van der Waals surface area contributed by atoms with Gasteiger partial charge in [0.05, 0.1) is 16.4 Å². The van der Waals surface area contributed by atoms with Crippen molar-refractivity contribution in [3.8, 4) is 11.3 Å². The molecule has 3 rings (SSSR count). The first kappa shape index (κ1) is 16.0. The molecule has 120 valence electrons. The molecule has 0 fully saturated rings. The molecule has 24 heavy (non-hydrogen) atoms. The van der Waals surface area contributed by atoms with E-state index < -0.39 is 0 Å². The second kappa shape index (κ2) is 7.57. The standard InChI is InChI=1S/C18H15ClN4O/c19-15-5-1-2-6-17(15)23-18(24)22-11-13-7-8-16(21-10-13)14-4-3-9-20-12-14/h1-10,12H,11H2,(H2,22,23,24). The predicted octanol–water partition coefficient (Wildman–Crippen LogP) is 4.12. The van der Waals surface area contributed by atoms with Gasteiger partial charge in [-0.2, -0.15) is 0 Å². The fraction of sp³-hybridized carbons (Fsp3) is 0.0556. The highest BCUT2D eigenvalue weighted by molar-refractivity contribution is 6.33. The quantitative estimate of drug-likeness (QED) is 0.752. The van der Waals surface area contributed by atoms with Gasteiger partial charge >= 0.3 is 6.03 Å². The van der Waals surface area contributed by atoms with E-state index in [0.717, 1.165) is 16.8 Å². The van der Waals surface area contributed by atoms with Crippen molar-refractivity contribution in [3.63, 3.8) is 0 Å². The predicted molar refractivity (Wildman–Crippen MR) is 94.8 cm³/mol. The lowest BCUT2D eigenvalue weighted by atomic mass is 10.1. The largest absolute Gasteiger partial charge is 0.334 e. The van der Waals surface area contributed by atoms with Crippen LogP contribution in [0.4, 0.5) is 10.5 Å². The maximum atomic E-state index is 11.9. The summed E-state index contributed by atoms with van der Waals surface area (Å²) in [7, 11) is 0. The zero-order chi connectivity index (χ0) is 16.8. The highest BCUT2D eigenvalue weighted by Gasteiger charge is 2.05. The van der Waals surface area contributed by atoms with E-state index >= 15 is 0 Å². The summed E-state index contributed by atoms with van der Waals surface area (Å²) < 4.78 is 0. The van der Waals surface area contributed by atoms with Crippen molar-refractivity contribution in [1.82, 2.24) is 15.3 Å². The summed E-state index contributed by atoms with van der Waals surface area (Å²) >= 11 is 6.00. The number of benzene rings is 1. The molecule has 5 nitrogen and oxygen atoms in total. The molecule has 2 aromatic heterocycles. The molecule has 1 aromatic carbocycles. The van der Waals surface area contributed by atoms with Gasteiger partial charge in [0, 0.05) is 30.7 Å². The summed E-state index contributed by atoms with van der Waals surface area (Å²) in [6.07, 6.45) is 5.22. The molecule has 2 heterocycles. The van der Waals surface area contributed by atoms with Crippen LogP contribution in [0, 0.1) is 0 Å². The van der Waals surface area contributed by atoms with Crippen LogP contribution in [0.5, 0.6) is 0 Å². The van der Waals surface area contributed by atoms with Crippen LogP contribution in [-0.2, 0) is 6.54 Å². The van der Waals surface area contributed by atoms with Crippen LogP contribution < -0.4 is 10.6 Å².